The van der Waals surface area contributed by atoms with Crippen molar-refractivity contribution in [3.8, 4) is 0 Å². The van der Waals surface area contributed by atoms with Crippen LogP contribution in [0.5, 0.6) is 0 Å². The Morgan fingerprint density at radius 3 is 2.75 bits per heavy atom. The average molecular weight is 343 g/mol. The van der Waals surface area contributed by atoms with Crippen molar-refractivity contribution < 1.29 is 14.2 Å². The van der Waals surface area contributed by atoms with Crippen molar-refractivity contribution in [3.63, 3.8) is 0 Å². The summed E-state index contributed by atoms with van der Waals surface area (Å²) in [6.07, 6.45) is 5.76. The highest BCUT2D eigenvalue weighted by Crippen LogP contribution is 2.45. The molecule has 1 N–H and O–H groups in total. The van der Waals surface area contributed by atoms with E-state index in [-0.39, 0.29) is 17.3 Å². The first-order valence-electron chi connectivity index (χ1n) is 7.36. The minimum atomic E-state index is -0.608. The van der Waals surface area contributed by atoms with Crippen LogP contribution < -0.4 is 0 Å². The zero-order chi connectivity index (χ0) is 14.2. The van der Waals surface area contributed by atoms with E-state index >= 15 is 0 Å². The van der Waals surface area contributed by atoms with E-state index in [4.69, 9.17) is 4.74 Å². The fourth-order valence-corrected chi connectivity index (χ4v) is 4.20. The predicted octanol–water partition coefficient (Wildman–Crippen LogP) is 4.36. The third-order valence-electron chi connectivity index (χ3n) is 4.72. The molecule has 1 aromatic rings. The molecule has 110 valence electrons. The molecule has 1 aromatic carbocycles. The Hall–Kier alpha value is -0.450. The van der Waals surface area contributed by atoms with Crippen molar-refractivity contribution >= 4 is 15.9 Å². The number of ether oxygens (including phenoxy) is 1. The van der Waals surface area contributed by atoms with Gasteiger partial charge < -0.3 is 9.84 Å². The largest absolute Gasteiger partial charge is 0.388 e. The van der Waals surface area contributed by atoms with E-state index in [2.05, 4.69) is 15.9 Å². The summed E-state index contributed by atoms with van der Waals surface area (Å²) in [7, 11) is 0. The number of hydrogen-bond acceptors (Lipinski definition) is 2. The molecule has 2 atom stereocenters. The smallest absolute Gasteiger partial charge is 0.124 e. The summed E-state index contributed by atoms with van der Waals surface area (Å²) in [5.41, 5.74) is 0.644. The second-order valence-electron chi connectivity index (χ2n) is 6.14. The predicted molar refractivity (Wildman–Crippen MR) is 78.9 cm³/mol. The van der Waals surface area contributed by atoms with Gasteiger partial charge in [0.05, 0.1) is 11.7 Å². The number of rotatable bonds is 2. The van der Waals surface area contributed by atoms with Gasteiger partial charge in [-0.3, -0.25) is 0 Å². The number of aliphatic hydroxyl groups excluding tert-OH is 1. The molecule has 2 fully saturated rings. The highest BCUT2D eigenvalue weighted by Gasteiger charge is 2.42. The first kappa shape index (κ1) is 14.5. The third-order valence-corrected chi connectivity index (χ3v) is 5.18. The molecule has 0 amide bonds. The number of aliphatic hydroxyl groups is 1. The second kappa shape index (κ2) is 5.74. The molecule has 3 rings (SSSR count). The number of hydrogen-bond donors (Lipinski definition) is 1. The Morgan fingerprint density at radius 1 is 1.30 bits per heavy atom. The Kier molecular flexibility index (Phi) is 4.16. The van der Waals surface area contributed by atoms with Crippen LogP contribution in [0.3, 0.4) is 0 Å². The van der Waals surface area contributed by atoms with Crippen molar-refractivity contribution in [1.82, 2.24) is 0 Å². The van der Waals surface area contributed by atoms with Crippen molar-refractivity contribution in [2.24, 2.45) is 5.92 Å². The van der Waals surface area contributed by atoms with Crippen LogP contribution >= 0.6 is 15.9 Å². The standard InChI is InChI=1S/C16H20BrFO2/c17-13-7-12(8-14(18)9-13)15(19)11-3-6-20-16(10-11)4-1-2-5-16/h7-9,11,15,19H,1-6,10H2. The van der Waals surface area contributed by atoms with Gasteiger partial charge in [-0.1, -0.05) is 28.8 Å². The zero-order valence-corrected chi connectivity index (χ0v) is 13.0. The lowest BCUT2D eigenvalue weighted by Gasteiger charge is -2.40. The van der Waals surface area contributed by atoms with Crippen LogP contribution in [-0.2, 0) is 4.74 Å². The summed E-state index contributed by atoms with van der Waals surface area (Å²) < 4.78 is 20.2. The molecule has 2 unspecified atom stereocenters. The van der Waals surface area contributed by atoms with Crippen LogP contribution in [0.4, 0.5) is 4.39 Å². The molecule has 20 heavy (non-hydrogen) atoms. The van der Waals surface area contributed by atoms with Gasteiger partial charge in [0.2, 0.25) is 0 Å². The van der Waals surface area contributed by atoms with E-state index in [1.807, 2.05) is 6.07 Å². The normalized spacial score (nSPS) is 26.9. The lowest BCUT2D eigenvalue weighted by atomic mass is 9.80. The quantitative estimate of drug-likeness (QED) is 0.865. The monoisotopic (exact) mass is 342 g/mol. The molecule has 0 aromatic heterocycles. The Morgan fingerprint density at radius 2 is 2.05 bits per heavy atom. The lowest BCUT2D eigenvalue weighted by Crippen LogP contribution is -2.39. The maximum atomic E-state index is 13.5. The first-order valence-corrected chi connectivity index (χ1v) is 8.15. The van der Waals surface area contributed by atoms with Crippen molar-refractivity contribution in [1.29, 1.82) is 0 Å². The van der Waals surface area contributed by atoms with E-state index in [1.54, 1.807) is 0 Å². The van der Waals surface area contributed by atoms with E-state index in [0.29, 0.717) is 16.6 Å². The van der Waals surface area contributed by atoms with Crippen LogP contribution in [-0.4, -0.2) is 17.3 Å². The minimum absolute atomic E-state index is 0.0194. The Labute approximate surface area is 127 Å². The van der Waals surface area contributed by atoms with Crippen LogP contribution in [0.2, 0.25) is 0 Å². The van der Waals surface area contributed by atoms with E-state index < -0.39 is 6.10 Å². The van der Waals surface area contributed by atoms with Crippen molar-refractivity contribution in [2.45, 2.75) is 50.2 Å². The fourth-order valence-electron chi connectivity index (χ4n) is 3.72. The lowest BCUT2D eigenvalue weighted by molar-refractivity contribution is -0.113. The second-order valence-corrected chi connectivity index (χ2v) is 7.05. The molecule has 0 bridgehead atoms. The van der Waals surface area contributed by atoms with Crippen LogP contribution in [0.25, 0.3) is 0 Å². The van der Waals surface area contributed by atoms with Crippen LogP contribution in [0, 0.1) is 11.7 Å². The van der Waals surface area contributed by atoms with Gasteiger partial charge in [0, 0.05) is 11.1 Å². The van der Waals surface area contributed by atoms with Gasteiger partial charge in [-0.2, -0.15) is 0 Å². The van der Waals surface area contributed by atoms with Crippen molar-refractivity contribution in [3.05, 3.63) is 34.1 Å². The summed E-state index contributed by atoms with van der Waals surface area (Å²) >= 11 is 3.29. The van der Waals surface area contributed by atoms with Gasteiger partial charge >= 0.3 is 0 Å². The Balaban J connectivity index is 1.77. The molecule has 1 aliphatic carbocycles. The van der Waals surface area contributed by atoms with Gasteiger partial charge in [-0.05, 0) is 55.4 Å². The summed E-state index contributed by atoms with van der Waals surface area (Å²) in [5.74, 6) is -0.147. The van der Waals surface area contributed by atoms with Crippen LogP contribution in [0.15, 0.2) is 22.7 Å². The summed E-state index contributed by atoms with van der Waals surface area (Å²) in [6.45, 7) is 0.707. The maximum absolute atomic E-state index is 13.5. The minimum Gasteiger partial charge on any atom is -0.388 e. The van der Waals surface area contributed by atoms with Gasteiger partial charge in [0.1, 0.15) is 5.82 Å². The Bertz CT molecular complexity index is 465. The summed E-state index contributed by atoms with van der Waals surface area (Å²) in [5, 5.41) is 10.6. The maximum Gasteiger partial charge on any atom is 0.124 e. The summed E-state index contributed by atoms with van der Waals surface area (Å²) in [6, 6.07) is 4.66. The molecule has 0 radical (unpaired) electrons. The molecule has 2 nitrogen and oxygen atoms in total. The van der Waals surface area contributed by atoms with Gasteiger partial charge in [-0.25, -0.2) is 4.39 Å². The highest BCUT2D eigenvalue weighted by molar-refractivity contribution is 9.10. The molecule has 2 aliphatic rings. The number of benzene rings is 1. The molecular weight excluding hydrogens is 323 g/mol. The topological polar surface area (TPSA) is 29.5 Å². The highest BCUT2D eigenvalue weighted by atomic mass is 79.9. The summed E-state index contributed by atoms with van der Waals surface area (Å²) in [4.78, 5) is 0. The molecule has 1 heterocycles. The van der Waals surface area contributed by atoms with E-state index in [9.17, 15) is 9.50 Å². The molecule has 1 aliphatic heterocycles. The number of halogens is 2. The van der Waals surface area contributed by atoms with Gasteiger partial charge in [0.25, 0.3) is 0 Å². The van der Waals surface area contributed by atoms with Gasteiger partial charge in [0.15, 0.2) is 0 Å². The van der Waals surface area contributed by atoms with Gasteiger partial charge in [-0.15, -0.1) is 0 Å². The average Bonchev–Trinajstić information content (AvgIpc) is 2.85. The SMILES string of the molecule is OC(c1cc(F)cc(Br)c1)C1CCOC2(CCCC2)C1. The molecule has 1 saturated heterocycles. The fraction of sp³-hybridized carbons (Fsp3) is 0.625. The molecule has 1 saturated carbocycles. The van der Waals surface area contributed by atoms with E-state index in [1.165, 1.54) is 25.0 Å². The zero-order valence-electron chi connectivity index (χ0n) is 11.4. The third kappa shape index (κ3) is 2.92. The molecule has 4 heteroatoms. The van der Waals surface area contributed by atoms with Crippen molar-refractivity contribution in [2.75, 3.05) is 6.61 Å². The van der Waals surface area contributed by atoms with E-state index in [0.717, 1.165) is 25.7 Å². The van der Waals surface area contributed by atoms with Crippen LogP contribution in [0.1, 0.15) is 50.2 Å². The molecular formula is C16H20BrFO2. The first-order chi connectivity index (χ1) is 9.58. The molecule has 1 spiro atoms.